The molecule has 1 aromatic heterocycles. The molecule has 1 fully saturated rings. The topological polar surface area (TPSA) is 39.1 Å². The number of nitrogens with zero attached hydrogens (tertiary/aromatic N) is 2. The summed E-state index contributed by atoms with van der Waals surface area (Å²) in [4.78, 5) is 0. The number of ether oxygens (including phenoxy) is 1. The molecule has 0 aliphatic carbocycles. The predicted molar refractivity (Wildman–Crippen MR) is 68.0 cm³/mol. The van der Waals surface area contributed by atoms with Gasteiger partial charge >= 0.3 is 0 Å². The molecule has 2 atom stereocenters. The molecule has 17 heavy (non-hydrogen) atoms. The molecule has 0 amide bonds. The predicted octanol–water partition coefficient (Wildman–Crippen LogP) is 1.29. The van der Waals surface area contributed by atoms with Crippen molar-refractivity contribution in [2.75, 3.05) is 19.8 Å². The highest BCUT2D eigenvalue weighted by atomic mass is 16.5. The molecular formula is C13H23N3O. The molecule has 2 heterocycles. The summed E-state index contributed by atoms with van der Waals surface area (Å²) in [5.74, 6) is 0.568. The van der Waals surface area contributed by atoms with Crippen LogP contribution in [0.2, 0.25) is 0 Å². The van der Waals surface area contributed by atoms with E-state index in [1.807, 2.05) is 18.7 Å². The Hall–Kier alpha value is -0.870. The van der Waals surface area contributed by atoms with Gasteiger partial charge in [0, 0.05) is 31.3 Å². The molecule has 0 radical (unpaired) electrons. The van der Waals surface area contributed by atoms with E-state index in [0.717, 1.165) is 38.3 Å². The highest BCUT2D eigenvalue weighted by molar-refractivity contribution is 5.10. The zero-order valence-electron chi connectivity index (χ0n) is 11.1. The van der Waals surface area contributed by atoms with Crippen LogP contribution in [-0.4, -0.2) is 35.6 Å². The maximum atomic E-state index is 5.61. The number of hydrogen-bond acceptors (Lipinski definition) is 3. The molecule has 0 aromatic carbocycles. The molecule has 2 unspecified atom stereocenters. The first-order valence-electron chi connectivity index (χ1n) is 6.51. The van der Waals surface area contributed by atoms with Crippen LogP contribution in [-0.2, 0) is 18.2 Å². The van der Waals surface area contributed by atoms with Gasteiger partial charge in [0.15, 0.2) is 0 Å². The minimum absolute atomic E-state index is 0.568. The fourth-order valence-electron chi connectivity index (χ4n) is 2.65. The largest absolute Gasteiger partial charge is 0.381 e. The lowest BCUT2D eigenvalue weighted by Gasteiger charge is -2.32. The number of rotatable bonds is 4. The third-order valence-electron chi connectivity index (χ3n) is 3.51. The lowest BCUT2D eigenvalue weighted by atomic mass is 9.91. The Morgan fingerprint density at radius 2 is 2.41 bits per heavy atom. The van der Waals surface area contributed by atoms with Crippen molar-refractivity contribution >= 4 is 0 Å². The van der Waals surface area contributed by atoms with E-state index >= 15 is 0 Å². The molecule has 0 bridgehead atoms. The van der Waals surface area contributed by atoms with E-state index in [-0.39, 0.29) is 0 Å². The number of aryl methyl sites for hydroxylation is 2. The Balaban J connectivity index is 2.02. The Morgan fingerprint density at radius 3 is 3.06 bits per heavy atom. The van der Waals surface area contributed by atoms with Crippen molar-refractivity contribution in [2.45, 2.75) is 32.7 Å². The standard InChI is InChI=1S/C13H23N3O/c1-4-14-13-5-6-17-9-11(13)8-12-7-10(2)15-16(12)3/h7,11,13-14H,4-6,8-9H2,1-3H3. The van der Waals surface area contributed by atoms with Crippen molar-refractivity contribution in [1.82, 2.24) is 15.1 Å². The van der Waals surface area contributed by atoms with Gasteiger partial charge in [-0.05, 0) is 32.4 Å². The highest BCUT2D eigenvalue weighted by Crippen LogP contribution is 2.20. The quantitative estimate of drug-likeness (QED) is 0.857. The summed E-state index contributed by atoms with van der Waals surface area (Å²) in [6.07, 6.45) is 2.17. The molecule has 1 N–H and O–H groups in total. The molecule has 4 heteroatoms. The molecule has 0 saturated carbocycles. The van der Waals surface area contributed by atoms with Crippen LogP contribution in [0.5, 0.6) is 0 Å². The first-order valence-corrected chi connectivity index (χ1v) is 6.51. The first-order chi connectivity index (χ1) is 8.20. The van der Waals surface area contributed by atoms with E-state index in [0.29, 0.717) is 12.0 Å². The Bertz CT molecular complexity index is 360. The van der Waals surface area contributed by atoms with E-state index in [1.165, 1.54) is 5.69 Å². The third kappa shape index (κ3) is 3.07. The SMILES string of the molecule is CCNC1CCOCC1Cc1cc(C)nn1C. The zero-order chi connectivity index (χ0) is 12.3. The minimum Gasteiger partial charge on any atom is -0.381 e. The summed E-state index contributed by atoms with van der Waals surface area (Å²) < 4.78 is 7.60. The molecule has 0 spiro atoms. The second-order valence-electron chi connectivity index (χ2n) is 4.89. The molecule has 1 aromatic rings. The van der Waals surface area contributed by atoms with Crippen LogP contribution in [0, 0.1) is 12.8 Å². The van der Waals surface area contributed by atoms with Gasteiger partial charge in [-0.3, -0.25) is 4.68 Å². The molecule has 1 aliphatic rings. The van der Waals surface area contributed by atoms with Gasteiger partial charge in [0.25, 0.3) is 0 Å². The van der Waals surface area contributed by atoms with Crippen LogP contribution in [0.25, 0.3) is 0 Å². The molecule has 1 aliphatic heterocycles. The fourth-order valence-corrected chi connectivity index (χ4v) is 2.65. The maximum Gasteiger partial charge on any atom is 0.0596 e. The van der Waals surface area contributed by atoms with E-state index in [1.54, 1.807) is 0 Å². The van der Waals surface area contributed by atoms with Gasteiger partial charge in [0.1, 0.15) is 0 Å². The van der Waals surface area contributed by atoms with Crippen molar-refractivity contribution in [2.24, 2.45) is 13.0 Å². The normalized spacial score (nSPS) is 25.1. The Morgan fingerprint density at radius 1 is 1.59 bits per heavy atom. The van der Waals surface area contributed by atoms with E-state index < -0.39 is 0 Å². The third-order valence-corrected chi connectivity index (χ3v) is 3.51. The average molecular weight is 237 g/mol. The number of hydrogen-bond donors (Lipinski definition) is 1. The Labute approximate surface area is 103 Å². The van der Waals surface area contributed by atoms with Gasteiger partial charge in [-0.15, -0.1) is 0 Å². The van der Waals surface area contributed by atoms with Crippen LogP contribution in [0.1, 0.15) is 24.7 Å². The summed E-state index contributed by atoms with van der Waals surface area (Å²) in [5.41, 5.74) is 2.40. The van der Waals surface area contributed by atoms with Gasteiger partial charge < -0.3 is 10.1 Å². The monoisotopic (exact) mass is 237 g/mol. The smallest absolute Gasteiger partial charge is 0.0596 e. The lowest BCUT2D eigenvalue weighted by molar-refractivity contribution is 0.0320. The summed E-state index contributed by atoms with van der Waals surface area (Å²) in [6.45, 7) is 7.00. The second-order valence-corrected chi connectivity index (χ2v) is 4.89. The van der Waals surface area contributed by atoms with Gasteiger partial charge in [0.05, 0.1) is 12.3 Å². The van der Waals surface area contributed by atoms with Crippen LogP contribution in [0.4, 0.5) is 0 Å². The van der Waals surface area contributed by atoms with Gasteiger partial charge in [-0.25, -0.2) is 0 Å². The van der Waals surface area contributed by atoms with Crippen molar-refractivity contribution in [3.63, 3.8) is 0 Å². The van der Waals surface area contributed by atoms with Crippen molar-refractivity contribution < 1.29 is 4.74 Å². The molecular weight excluding hydrogens is 214 g/mol. The van der Waals surface area contributed by atoms with Crippen LogP contribution >= 0.6 is 0 Å². The van der Waals surface area contributed by atoms with E-state index in [9.17, 15) is 0 Å². The van der Waals surface area contributed by atoms with Crippen molar-refractivity contribution in [3.05, 3.63) is 17.5 Å². The summed E-state index contributed by atoms with van der Waals surface area (Å²) in [5, 5.41) is 7.97. The van der Waals surface area contributed by atoms with E-state index in [4.69, 9.17) is 4.74 Å². The zero-order valence-corrected chi connectivity index (χ0v) is 11.1. The number of aromatic nitrogens is 2. The van der Waals surface area contributed by atoms with E-state index in [2.05, 4.69) is 23.4 Å². The lowest BCUT2D eigenvalue weighted by Crippen LogP contribution is -2.43. The van der Waals surface area contributed by atoms with Crippen molar-refractivity contribution in [1.29, 1.82) is 0 Å². The van der Waals surface area contributed by atoms with Gasteiger partial charge in [0.2, 0.25) is 0 Å². The van der Waals surface area contributed by atoms with Crippen molar-refractivity contribution in [3.8, 4) is 0 Å². The van der Waals surface area contributed by atoms with Crippen LogP contribution in [0.3, 0.4) is 0 Å². The average Bonchev–Trinajstić information content (AvgIpc) is 2.61. The molecule has 1 saturated heterocycles. The molecule has 4 nitrogen and oxygen atoms in total. The van der Waals surface area contributed by atoms with Crippen LogP contribution in [0.15, 0.2) is 6.07 Å². The number of nitrogens with one attached hydrogen (secondary N) is 1. The summed E-state index contributed by atoms with van der Waals surface area (Å²) in [7, 11) is 2.02. The van der Waals surface area contributed by atoms with Gasteiger partial charge in [-0.1, -0.05) is 6.92 Å². The highest BCUT2D eigenvalue weighted by Gasteiger charge is 2.26. The summed E-state index contributed by atoms with van der Waals surface area (Å²) in [6, 6.07) is 2.77. The molecule has 96 valence electrons. The minimum atomic E-state index is 0.568. The Kier molecular flexibility index (Phi) is 4.18. The summed E-state index contributed by atoms with van der Waals surface area (Å²) >= 11 is 0. The fraction of sp³-hybridized carbons (Fsp3) is 0.769. The van der Waals surface area contributed by atoms with Gasteiger partial charge in [-0.2, -0.15) is 5.10 Å². The second kappa shape index (κ2) is 5.65. The maximum absolute atomic E-state index is 5.61. The first kappa shape index (κ1) is 12.6. The molecule has 2 rings (SSSR count). The van der Waals surface area contributed by atoms with Crippen LogP contribution < -0.4 is 5.32 Å².